The molecule has 0 radical (unpaired) electrons. The molecule has 26 heavy (non-hydrogen) atoms. The Balaban J connectivity index is 1.78. The zero-order valence-electron chi connectivity index (χ0n) is 13.6. The third kappa shape index (κ3) is 3.65. The van der Waals surface area contributed by atoms with E-state index in [2.05, 4.69) is 20.4 Å². The van der Waals surface area contributed by atoms with E-state index in [1.807, 2.05) is 4.72 Å². The zero-order valence-corrected chi connectivity index (χ0v) is 15.2. The van der Waals surface area contributed by atoms with Crippen molar-refractivity contribution >= 4 is 33.3 Å². The molecule has 0 aliphatic heterocycles. The van der Waals surface area contributed by atoms with E-state index < -0.39 is 16.1 Å². The number of hydrogen-bond donors (Lipinski definition) is 2. The molecule has 0 unspecified atom stereocenters. The summed E-state index contributed by atoms with van der Waals surface area (Å²) >= 11 is 0.948. The van der Waals surface area contributed by atoms with Crippen molar-refractivity contribution in [1.82, 2.24) is 19.8 Å². The number of thiophene rings is 1. The fourth-order valence-corrected chi connectivity index (χ4v) is 4.31. The SMILES string of the molecule is COc1nc(NC(=O)NS(=O)(=O)c2sccc2-c2ccon2)ncc1C. The first kappa shape index (κ1) is 17.8. The van der Waals surface area contributed by atoms with Crippen molar-refractivity contribution in [2.24, 2.45) is 0 Å². The van der Waals surface area contributed by atoms with Gasteiger partial charge in [-0.05, 0) is 18.4 Å². The lowest BCUT2D eigenvalue weighted by Crippen LogP contribution is -2.34. The van der Waals surface area contributed by atoms with Crippen LogP contribution < -0.4 is 14.8 Å². The quantitative estimate of drug-likeness (QED) is 0.669. The average Bonchev–Trinajstić information content (AvgIpc) is 3.27. The van der Waals surface area contributed by atoms with Crippen molar-refractivity contribution in [3.05, 3.63) is 35.5 Å². The third-order valence-corrected chi connectivity index (χ3v) is 5.97. The molecule has 3 aromatic rings. The predicted octanol–water partition coefficient (Wildman–Crippen LogP) is 2.02. The van der Waals surface area contributed by atoms with E-state index in [4.69, 9.17) is 9.26 Å². The highest BCUT2D eigenvalue weighted by molar-refractivity contribution is 7.92. The first-order chi connectivity index (χ1) is 12.4. The lowest BCUT2D eigenvalue weighted by Gasteiger charge is -2.09. The Hall–Kier alpha value is -2.99. The molecule has 0 aliphatic rings. The molecule has 0 bridgehead atoms. The summed E-state index contributed by atoms with van der Waals surface area (Å²) in [4.78, 5) is 19.9. The molecule has 2 N–H and O–H groups in total. The molecule has 0 spiro atoms. The molecular weight excluding hydrogens is 382 g/mol. The van der Waals surface area contributed by atoms with Crippen LogP contribution in [0.15, 0.2) is 38.7 Å². The number of nitrogens with one attached hydrogen (secondary N) is 2. The fraction of sp³-hybridized carbons (Fsp3) is 0.143. The standard InChI is InChI=1S/C14H13N5O5S2/c1-8-7-15-13(16-11(8)23-2)17-14(20)19-26(21,22)12-9(4-6-25-12)10-3-5-24-18-10/h3-7H,1-2H3,(H2,15,16,17,19,20). The van der Waals surface area contributed by atoms with Crippen molar-refractivity contribution in [3.63, 3.8) is 0 Å². The van der Waals surface area contributed by atoms with E-state index in [1.165, 1.54) is 25.6 Å². The highest BCUT2D eigenvalue weighted by atomic mass is 32.2. The Morgan fingerprint density at radius 3 is 2.85 bits per heavy atom. The van der Waals surface area contributed by atoms with Crippen LogP contribution in [0.2, 0.25) is 0 Å². The van der Waals surface area contributed by atoms with E-state index in [9.17, 15) is 13.2 Å². The van der Waals surface area contributed by atoms with Gasteiger partial charge in [0.2, 0.25) is 11.8 Å². The van der Waals surface area contributed by atoms with Gasteiger partial charge in [-0.1, -0.05) is 5.16 Å². The summed E-state index contributed by atoms with van der Waals surface area (Å²) in [5, 5.41) is 7.54. The Morgan fingerprint density at radius 2 is 2.15 bits per heavy atom. The molecule has 3 aromatic heterocycles. The van der Waals surface area contributed by atoms with Gasteiger partial charge in [-0.2, -0.15) is 4.98 Å². The first-order valence-corrected chi connectivity index (χ1v) is 9.46. The van der Waals surface area contributed by atoms with E-state index in [0.717, 1.165) is 11.3 Å². The predicted molar refractivity (Wildman–Crippen MR) is 92.5 cm³/mol. The van der Waals surface area contributed by atoms with Gasteiger partial charge >= 0.3 is 6.03 Å². The Labute approximate surface area is 152 Å². The van der Waals surface area contributed by atoms with Crippen molar-refractivity contribution in [2.45, 2.75) is 11.1 Å². The van der Waals surface area contributed by atoms with Gasteiger partial charge in [-0.3, -0.25) is 5.32 Å². The summed E-state index contributed by atoms with van der Waals surface area (Å²) in [5.74, 6) is 0.174. The molecule has 10 nitrogen and oxygen atoms in total. The molecule has 136 valence electrons. The lowest BCUT2D eigenvalue weighted by atomic mass is 10.2. The second kappa shape index (κ2) is 7.09. The van der Waals surface area contributed by atoms with Gasteiger partial charge in [-0.25, -0.2) is 22.9 Å². The Morgan fingerprint density at radius 1 is 1.35 bits per heavy atom. The topological polar surface area (TPSA) is 136 Å². The zero-order chi connectivity index (χ0) is 18.7. The monoisotopic (exact) mass is 395 g/mol. The lowest BCUT2D eigenvalue weighted by molar-refractivity contribution is 0.256. The van der Waals surface area contributed by atoms with Crippen LogP contribution in [-0.2, 0) is 10.0 Å². The van der Waals surface area contributed by atoms with Gasteiger partial charge in [0.1, 0.15) is 16.2 Å². The van der Waals surface area contributed by atoms with Crippen LogP contribution in [0, 0.1) is 6.92 Å². The molecule has 0 fully saturated rings. The molecule has 0 saturated heterocycles. The highest BCUT2D eigenvalue weighted by Gasteiger charge is 2.25. The fourth-order valence-electron chi connectivity index (χ4n) is 2.03. The number of aryl methyl sites for hydroxylation is 1. The number of aromatic nitrogens is 3. The van der Waals surface area contributed by atoms with Crippen LogP contribution in [0.5, 0.6) is 5.88 Å². The number of carbonyl (C=O) groups excluding carboxylic acids is 1. The van der Waals surface area contributed by atoms with Crippen LogP contribution in [-0.4, -0.2) is 36.7 Å². The van der Waals surface area contributed by atoms with Crippen LogP contribution in [0.3, 0.4) is 0 Å². The Bertz CT molecular complexity index is 1030. The van der Waals surface area contributed by atoms with Crippen molar-refractivity contribution in [3.8, 4) is 17.1 Å². The maximum atomic E-state index is 12.5. The number of ether oxygens (including phenoxy) is 1. The van der Waals surface area contributed by atoms with E-state index in [1.54, 1.807) is 18.4 Å². The number of amides is 2. The maximum Gasteiger partial charge on any atom is 0.335 e. The number of urea groups is 1. The molecule has 3 heterocycles. The summed E-state index contributed by atoms with van der Waals surface area (Å²) in [6.45, 7) is 1.73. The normalized spacial score (nSPS) is 11.2. The minimum atomic E-state index is -4.13. The first-order valence-electron chi connectivity index (χ1n) is 7.10. The van der Waals surface area contributed by atoms with Gasteiger partial charge in [0.25, 0.3) is 10.0 Å². The van der Waals surface area contributed by atoms with Crippen molar-refractivity contribution in [1.29, 1.82) is 0 Å². The van der Waals surface area contributed by atoms with Crippen LogP contribution in [0.1, 0.15) is 5.56 Å². The highest BCUT2D eigenvalue weighted by Crippen LogP contribution is 2.30. The number of sulfonamides is 1. The molecule has 2 amide bonds. The second-order valence-corrected chi connectivity index (χ2v) is 7.75. The molecule has 0 atom stereocenters. The maximum absolute atomic E-state index is 12.5. The Kier molecular flexibility index (Phi) is 4.86. The number of methoxy groups -OCH3 is 1. The van der Waals surface area contributed by atoms with Crippen LogP contribution in [0.4, 0.5) is 10.7 Å². The number of rotatable bonds is 5. The minimum absolute atomic E-state index is 0.0658. The van der Waals surface area contributed by atoms with Gasteiger partial charge < -0.3 is 9.26 Å². The van der Waals surface area contributed by atoms with Gasteiger partial charge in [0.15, 0.2) is 0 Å². The smallest absolute Gasteiger partial charge is 0.335 e. The molecule has 0 aromatic carbocycles. The van der Waals surface area contributed by atoms with E-state index >= 15 is 0 Å². The van der Waals surface area contributed by atoms with Crippen molar-refractivity contribution in [2.75, 3.05) is 12.4 Å². The second-order valence-electron chi connectivity index (χ2n) is 4.95. The molecule has 0 aliphatic carbocycles. The summed E-state index contributed by atoms with van der Waals surface area (Å²) < 4.78 is 36.6. The minimum Gasteiger partial charge on any atom is -0.481 e. The van der Waals surface area contributed by atoms with Crippen molar-refractivity contribution < 1.29 is 22.5 Å². The number of hydrogen-bond acceptors (Lipinski definition) is 9. The average molecular weight is 395 g/mol. The van der Waals surface area contributed by atoms with E-state index in [-0.39, 0.29) is 16.0 Å². The summed E-state index contributed by atoms with van der Waals surface area (Å²) in [7, 11) is -2.71. The van der Waals surface area contributed by atoms with Gasteiger partial charge in [0.05, 0.1) is 7.11 Å². The number of anilines is 1. The summed E-state index contributed by atoms with van der Waals surface area (Å²) in [6.07, 6.45) is 2.77. The van der Waals surface area contributed by atoms with Crippen LogP contribution in [0.25, 0.3) is 11.3 Å². The van der Waals surface area contributed by atoms with E-state index in [0.29, 0.717) is 16.8 Å². The van der Waals surface area contributed by atoms with Gasteiger partial charge in [0, 0.05) is 23.4 Å². The molecule has 0 saturated carbocycles. The van der Waals surface area contributed by atoms with Gasteiger partial charge in [-0.15, -0.1) is 11.3 Å². The largest absolute Gasteiger partial charge is 0.481 e. The third-order valence-electron chi connectivity index (χ3n) is 3.16. The van der Waals surface area contributed by atoms with Crippen LogP contribution >= 0.6 is 11.3 Å². The number of carbonyl (C=O) groups is 1. The molecular formula is C14H13N5O5S2. The number of nitrogens with zero attached hydrogens (tertiary/aromatic N) is 3. The molecule has 12 heteroatoms. The summed E-state index contributed by atoms with van der Waals surface area (Å²) in [6, 6.07) is 2.09. The summed E-state index contributed by atoms with van der Waals surface area (Å²) in [5.41, 5.74) is 1.35. The molecule has 3 rings (SSSR count).